The molecule has 2 aliphatic rings. The third-order valence-electron chi connectivity index (χ3n) is 6.93. The summed E-state index contributed by atoms with van der Waals surface area (Å²) in [6.45, 7) is 7.32. The van der Waals surface area contributed by atoms with Crippen LogP contribution in [-0.2, 0) is 6.54 Å². The van der Waals surface area contributed by atoms with Gasteiger partial charge < -0.3 is 25.1 Å². The number of hydrogen-bond acceptors (Lipinski definition) is 9. The van der Waals surface area contributed by atoms with Crippen molar-refractivity contribution in [3.05, 3.63) is 116 Å². The molecule has 0 radical (unpaired) electrons. The largest absolute Gasteiger partial charge is 0.354 e. The first kappa shape index (κ1) is 33.0. The quantitative estimate of drug-likeness (QED) is 0.225. The van der Waals surface area contributed by atoms with Crippen molar-refractivity contribution in [3.63, 3.8) is 0 Å². The third kappa shape index (κ3) is 10.1. The second-order valence-electron chi connectivity index (χ2n) is 10.1. The van der Waals surface area contributed by atoms with Crippen LogP contribution in [0.15, 0.2) is 70.8 Å². The van der Waals surface area contributed by atoms with Crippen LogP contribution < -0.4 is 26.2 Å². The maximum Gasteiger partial charge on any atom is 0.252 e. The molecule has 2 aliphatic heterocycles. The molecule has 238 valence electrons. The van der Waals surface area contributed by atoms with Crippen LogP contribution in [0.5, 0.6) is 0 Å². The SMILES string of the molecule is O=Cc1ccc(F)c(F)c1.O=c1cc(N2CCN(Cc3ccc(F)c(F)c3)CC2)nc[nH]1.O=c1cc(N2CCNCC2)nc[nH]1. The highest BCUT2D eigenvalue weighted by Gasteiger charge is 2.19. The Morgan fingerprint density at radius 3 is 1.71 bits per heavy atom. The summed E-state index contributed by atoms with van der Waals surface area (Å²) in [5, 5.41) is 3.24. The van der Waals surface area contributed by atoms with Crippen molar-refractivity contribution in [3.8, 4) is 0 Å². The summed E-state index contributed by atoms with van der Waals surface area (Å²) in [7, 11) is 0. The fraction of sp³-hybridized carbons (Fsp3) is 0.300. The van der Waals surface area contributed by atoms with Gasteiger partial charge in [-0.1, -0.05) is 6.07 Å². The van der Waals surface area contributed by atoms with Gasteiger partial charge in [-0.2, -0.15) is 0 Å². The van der Waals surface area contributed by atoms with Crippen molar-refractivity contribution < 1.29 is 22.4 Å². The maximum atomic E-state index is 13.2. The van der Waals surface area contributed by atoms with E-state index in [1.165, 1.54) is 36.9 Å². The lowest BCUT2D eigenvalue weighted by molar-refractivity contribution is 0.112. The highest BCUT2D eigenvalue weighted by Crippen LogP contribution is 2.15. The van der Waals surface area contributed by atoms with Gasteiger partial charge in [0.25, 0.3) is 11.1 Å². The second-order valence-corrected chi connectivity index (χ2v) is 10.1. The van der Waals surface area contributed by atoms with E-state index in [9.17, 15) is 31.9 Å². The van der Waals surface area contributed by atoms with Gasteiger partial charge in [0.15, 0.2) is 23.3 Å². The maximum absolute atomic E-state index is 13.2. The molecule has 3 N–H and O–H groups in total. The smallest absolute Gasteiger partial charge is 0.252 e. The Morgan fingerprint density at radius 2 is 1.20 bits per heavy atom. The predicted molar refractivity (Wildman–Crippen MR) is 160 cm³/mol. The molecule has 0 saturated carbocycles. The van der Waals surface area contributed by atoms with Gasteiger partial charge in [0.05, 0.1) is 12.7 Å². The predicted octanol–water partition coefficient (Wildman–Crippen LogP) is 2.33. The molecule has 0 atom stereocenters. The molecular formula is C30H32F4N8O3. The number of carbonyl (C=O) groups is 1. The van der Waals surface area contributed by atoms with Gasteiger partial charge in [0.2, 0.25) is 0 Å². The molecule has 4 aromatic rings. The highest BCUT2D eigenvalue weighted by molar-refractivity contribution is 5.74. The molecule has 2 saturated heterocycles. The number of piperazine rings is 2. The van der Waals surface area contributed by atoms with Crippen LogP contribution in [0.4, 0.5) is 29.2 Å². The van der Waals surface area contributed by atoms with Crippen molar-refractivity contribution in [2.45, 2.75) is 6.54 Å². The molecule has 0 aliphatic carbocycles. The van der Waals surface area contributed by atoms with E-state index in [1.807, 2.05) is 4.90 Å². The molecule has 2 aromatic carbocycles. The number of aldehydes is 1. The standard InChI is InChI=1S/C15H16F2N4O.C8H12N4O.C7H4F2O/c16-12-2-1-11(7-13(12)17)9-20-3-5-21(6-4-20)14-8-15(22)19-10-18-14;13-8-5-7(10-6-11-8)12-3-1-9-2-4-12;8-6-2-1-5(4-10)3-7(6)9/h1-2,7-8,10H,3-6,9H2,(H,18,19,22);5-6,9H,1-4H2,(H,10,11,13);1-4H. The zero-order chi connectivity index (χ0) is 32.2. The van der Waals surface area contributed by atoms with E-state index in [1.54, 1.807) is 6.07 Å². The average Bonchev–Trinajstić information content (AvgIpc) is 3.05. The van der Waals surface area contributed by atoms with Gasteiger partial charge in [-0.05, 0) is 35.9 Å². The first-order valence-electron chi connectivity index (χ1n) is 14.1. The molecule has 0 spiro atoms. The van der Waals surface area contributed by atoms with Crippen LogP contribution in [0.25, 0.3) is 0 Å². The Kier molecular flexibility index (Phi) is 11.9. The van der Waals surface area contributed by atoms with Crippen LogP contribution in [0.1, 0.15) is 15.9 Å². The van der Waals surface area contributed by atoms with Crippen molar-refractivity contribution in [2.24, 2.45) is 0 Å². The molecular weight excluding hydrogens is 596 g/mol. The zero-order valence-corrected chi connectivity index (χ0v) is 24.2. The minimum absolute atomic E-state index is 0.0940. The van der Waals surface area contributed by atoms with E-state index in [4.69, 9.17) is 0 Å². The van der Waals surface area contributed by atoms with E-state index in [0.717, 1.165) is 81.9 Å². The molecule has 4 heterocycles. The van der Waals surface area contributed by atoms with Crippen LogP contribution >= 0.6 is 0 Å². The lowest BCUT2D eigenvalue weighted by Gasteiger charge is -2.35. The van der Waals surface area contributed by atoms with Crippen molar-refractivity contribution in [1.29, 1.82) is 0 Å². The minimum atomic E-state index is -0.996. The number of halogens is 4. The lowest BCUT2D eigenvalue weighted by atomic mass is 10.2. The van der Waals surface area contributed by atoms with E-state index < -0.39 is 23.3 Å². The molecule has 15 heteroatoms. The first-order valence-corrected chi connectivity index (χ1v) is 14.1. The van der Waals surface area contributed by atoms with Crippen molar-refractivity contribution in [2.75, 3.05) is 62.2 Å². The molecule has 2 aromatic heterocycles. The Balaban J connectivity index is 0.000000170. The van der Waals surface area contributed by atoms with E-state index in [0.29, 0.717) is 18.6 Å². The van der Waals surface area contributed by atoms with Crippen molar-refractivity contribution in [1.82, 2.24) is 30.2 Å². The number of hydrogen-bond donors (Lipinski definition) is 3. The number of aromatic nitrogens is 4. The Hall–Kier alpha value is -4.89. The van der Waals surface area contributed by atoms with E-state index in [-0.39, 0.29) is 16.7 Å². The molecule has 45 heavy (non-hydrogen) atoms. The fourth-order valence-electron chi connectivity index (χ4n) is 4.57. The van der Waals surface area contributed by atoms with Gasteiger partial charge in [-0.25, -0.2) is 27.5 Å². The van der Waals surface area contributed by atoms with Gasteiger partial charge >= 0.3 is 0 Å². The monoisotopic (exact) mass is 628 g/mol. The molecule has 0 bridgehead atoms. The number of benzene rings is 2. The molecule has 0 unspecified atom stereocenters. The first-order chi connectivity index (χ1) is 21.7. The Labute approximate surface area is 255 Å². The number of nitrogens with one attached hydrogen (secondary N) is 3. The Bertz CT molecular complexity index is 1670. The number of rotatable bonds is 5. The summed E-state index contributed by atoms with van der Waals surface area (Å²) in [6, 6.07) is 9.98. The highest BCUT2D eigenvalue weighted by atomic mass is 19.2. The molecule has 11 nitrogen and oxygen atoms in total. The number of carbonyl (C=O) groups excluding carboxylic acids is 1. The number of H-pyrrole nitrogens is 2. The Morgan fingerprint density at radius 1 is 0.667 bits per heavy atom. The third-order valence-corrected chi connectivity index (χ3v) is 6.93. The molecule has 2 fully saturated rings. The summed E-state index contributed by atoms with van der Waals surface area (Å²) in [5.41, 5.74) is 0.623. The number of anilines is 2. The van der Waals surface area contributed by atoms with Crippen LogP contribution in [0, 0.1) is 23.3 Å². The van der Waals surface area contributed by atoms with Gasteiger partial charge in [-0.3, -0.25) is 19.3 Å². The summed E-state index contributed by atoms with van der Waals surface area (Å²) < 4.78 is 50.5. The van der Waals surface area contributed by atoms with Gasteiger partial charge in [0, 0.05) is 76.6 Å². The lowest BCUT2D eigenvalue weighted by Crippen LogP contribution is -2.46. The number of nitrogens with zero attached hydrogens (tertiary/aromatic N) is 5. The van der Waals surface area contributed by atoms with E-state index in [2.05, 4.69) is 35.1 Å². The average molecular weight is 629 g/mol. The molecule has 0 amide bonds. The van der Waals surface area contributed by atoms with Crippen LogP contribution in [0.3, 0.4) is 0 Å². The van der Waals surface area contributed by atoms with Crippen LogP contribution in [0.2, 0.25) is 0 Å². The minimum Gasteiger partial charge on any atom is -0.354 e. The summed E-state index contributed by atoms with van der Waals surface area (Å²) in [4.78, 5) is 51.8. The summed E-state index contributed by atoms with van der Waals surface area (Å²) in [6.07, 6.45) is 3.30. The molecule has 6 rings (SSSR count). The van der Waals surface area contributed by atoms with Gasteiger partial charge in [0.1, 0.15) is 17.9 Å². The number of aromatic amines is 2. The summed E-state index contributed by atoms with van der Waals surface area (Å²) >= 11 is 0. The van der Waals surface area contributed by atoms with Crippen LogP contribution in [-0.4, -0.2) is 83.5 Å². The fourth-order valence-corrected chi connectivity index (χ4v) is 4.57. The van der Waals surface area contributed by atoms with Crippen molar-refractivity contribution >= 4 is 17.9 Å². The second kappa shape index (κ2) is 16.3. The van der Waals surface area contributed by atoms with E-state index >= 15 is 0 Å². The topological polar surface area (TPSA) is 130 Å². The zero-order valence-electron chi connectivity index (χ0n) is 24.2. The van der Waals surface area contributed by atoms with Gasteiger partial charge in [-0.15, -0.1) is 0 Å². The normalized spacial score (nSPS) is 14.9. The summed E-state index contributed by atoms with van der Waals surface area (Å²) in [5.74, 6) is -2.14.